The van der Waals surface area contributed by atoms with Crippen molar-refractivity contribution in [1.82, 2.24) is 9.88 Å². The lowest BCUT2D eigenvalue weighted by molar-refractivity contribution is -0.0145. The number of nitrogens with zero attached hydrogens (tertiary/aromatic N) is 2. The molecule has 0 amide bonds. The maximum Gasteiger partial charge on any atom is 0.123 e. The summed E-state index contributed by atoms with van der Waals surface area (Å²) in [6, 6.07) is 20.6. The van der Waals surface area contributed by atoms with Gasteiger partial charge in [-0.3, -0.25) is 0 Å². The molecule has 0 saturated heterocycles. The van der Waals surface area contributed by atoms with Crippen LogP contribution in [0.2, 0.25) is 5.02 Å². The van der Waals surface area contributed by atoms with Gasteiger partial charge in [-0.05, 0) is 110 Å². The smallest absolute Gasteiger partial charge is 0.123 e. The number of aromatic amines is 1. The Kier molecular flexibility index (Phi) is 7.62. The molecule has 1 aromatic heterocycles. The molecule has 4 nitrogen and oxygen atoms in total. The zero-order valence-corrected chi connectivity index (χ0v) is 21.8. The van der Waals surface area contributed by atoms with Gasteiger partial charge in [-0.15, -0.1) is 0 Å². The van der Waals surface area contributed by atoms with E-state index < -0.39 is 5.60 Å². The predicted octanol–water partition coefficient (Wildman–Crippen LogP) is 7.34. The highest BCUT2D eigenvalue weighted by Crippen LogP contribution is 2.45. The van der Waals surface area contributed by atoms with Crippen LogP contribution in [0.1, 0.15) is 54.0 Å². The van der Waals surface area contributed by atoms with Crippen LogP contribution >= 0.6 is 11.6 Å². The van der Waals surface area contributed by atoms with Gasteiger partial charge in [0.2, 0.25) is 0 Å². The highest BCUT2D eigenvalue weighted by atomic mass is 35.5. The van der Waals surface area contributed by atoms with Crippen LogP contribution in [0.15, 0.2) is 66.9 Å². The lowest BCUT2D eigenvalue weighted by Gasteiger charge is -2.32. The molecule has 0 aliphatic carbocycles. The monoisotopic (exact) mass is 515 g/mol. The molecule has 0 radical (unpaired) electrons. The maximum atomic E-state index is 13.7. The van der Waals surface area contributed by atoms with Gasteiger partial charge in [0.25, 0.3) is 0 Å². The van der Waals surface area contributed by atoms with E-state index in [4.69, 9.17) is 16.3 Å². The number of halogens is 2. The summed E-state index contributed by atoms with van der Waals surface area (Å²) in [5.41, 5.74) is 5.51. The minimum absolute atomic E-state index is 0.258. The molecule has 190 valence electrons. The average Bonchev–Trinajstić information content (AvgIpc) is 3.49. The van der Waals surface area contributed by atoms with Gasteiger partial charge in [0, 0.05) is 22.1 Å². The van der Waals surface area contributed by atoms with E-state index in [9.17, 15) is 9.65 Å². The van der Waals surface area contributed by atoms with Crippen molar-refractivity contribution in [1.29, 1.82) is 5.26 Å². The van der Waals surface area contributed by atoms with Crippen molar-refractivity contribution in [3.05, 3.63) is 106 Å². The molecule has 1 unspecified atom stereocenters. The lowest BCUT2D eigenvalue weighted by atomic mass is 9.81. The van der Waals surface area contributed by atoms with Crippen LogP contribution in [0.4, 0.5) is 4.39 Å². The normalized spacial score (nSPS) is 16.8. The summed E-state index contributed by atoms with van der Waals surface area (Å²) in [5, 5.41) is 11.3. The number of nitriles is 1. The van der Waals surface area contributed by atoms with Crippen molar-refractivity contribution in [2.75, 3.05) is 19.6 Å². The van der Waals surface area contributed by atoms with E-state index in [0.717, 1.165) is 72.5 Å². The molecule has 0 fully saturated rings. The van der Waals surface area contributed by atoms with E-state index in [-0.39, 0.29) is 5.82 Å². The van der Waals surface area contributed by atoms with Crippen LogP contribution in [-0.4, -0.2) is 29.5 Å². The van der Waals surface area contributed by atoms with Crippen molar-refractivity contribution in [2.24, 2.45) is 0 Å². The molecular weight excluding hydrogens is 485 g/mol. The molecule has 0 saturated carbocycles. The van der Waals surface area contributed by atoms with Crippen LogP contribution in [0.5, 0.6) is 0 Å². The topological polar surface area (TPSA) is 52.0 Å². The van der Waals surface area contributed by atoms with Gasteiger partial charge < -0.3 is 14.6 Å². The third-order valence-electron chi connectivity index (χ3n) is 7.55. The Morgan fingerprint density at radius 2 is 1.89 bits per heavy atom. The third-order valence-corrected chi connectivity index (χ3v) is 7.79. The molecular formula is C31H31ClFN3O. The Balaban J connectivity index is 1.25. The van der Waals surface area contributed by atoms with E-state index in [1.165, 1.54) is 23.1 Å². The van der Waals surface area contributed by atoms with Crippen molar-refractivity contribution in [3.8, 4) is 6.07 Å². The molecule has 0 bridgehead atoms. The SMILES string of the molecule is CCN(CCCc1c[nH]c2ccc(Cl)cc12)CCCC1(c2ccc(F)cc2)OCc2cc(C#N)ccc21. The summed E-state index contributed by atoms with van der Waals surface area (Å²) >= 11 is 6.21. The fourth-order valence-corrected chi connectivity index (χ4v) is 5.77. The largest absolute Gasteiger partial charge is 0.361 e. The van der Waals surface area contributed by atoms with Crippen LogP contribution < -0.4 is 0 Å². The number of benzene rings is 3. The van der Waals surface area contributed by atoms with Crippen LogP contribution in [-0.2, 0) is 23.4 Å². The maximum absolute atomic E-state index is 13.7. The Morgan fingerprint density at radius 1 is 1.08 bits per heavy atom. The summed E-state index contributed by atoms with van der Waals surface area (Å²) in [7, 11) is 0. The summed E-state index contributed by atoms with van der Waals surface area (Å²) in [6.45, 7) is 5.59. The summed E-state index contributed by atoms with van der Waals surface area (Å²) in [6.07, 6.45) is 5.87. The minimum Gasteiger partial charge on any atom is -0.361 e. The molecule has 1 atom stereocenters. The number of ether oxygens (including phenoxy) is 1. The second-order valence-electron chi connectivity index (χ2n) is 9.75. The zero-order valence-electron chi connectivity index (χ0n) is 21.1. The molecule has 2 heterocycles. The van der Waals surface area contributed by atoms with Crippen LogP contribution in [0.3, 0.4) is 0 Å². The summed E-state index contributed by atoms with van der Waals surface area (Å²) < 4.78 is 20.2. The van der Waals surface area contributed by atoms with E-state index in [2.05, 4.69) is 29.1 Å². The van der Waals surface area contributed by atoms with Gasteiger partial charge in [-0.25, -0.2) is 4.39 Å². The predicted molar refractivity (Wildman–Crippen MR) is 146 cm³/mol. The quantitative estimate of drug-likeness (QED) is 0.240. The van der Waals surface area contributed by atoms with E-state index in [1.54, 1.807) is 0 Å². The third kappa shape index (κ3) is 5.29. The number of hydrogen-bond acceptors (Lipinski definition) is 3. The van der Waals surface area contributed by atoms with Crippen molar-refractivity contribution in [3.63, 3.8) is 0 Å². The first-order chi connectivity index (χ1) is 18.0. The van der Waals surface area contributed by atoms with E-state index >= 15 is 0 Å². The number of hydrogen-bond donors (Lipinski definition) is 1. The van der Waals surface area contributed by atoms with E-state index in [1.807, 2.05) is 48.5 Å². The Morgan fingerprint density at radius 3 is 2.68 bits per heavy atom. The Hall–Kier alpha value is -3.17. The molecule has 37 heavy (non-hydrogen) atoms. The molecule has 3 aromatic carbocycles. The van der Waals surface area contributed by atoms with Crippen molar-refractivity contribution < 1.29 is 9.13 Å². The van der Waals surface area contributed by atoms with Gasteiger partial charge in [-0.2, -0.15) is 5.26 Å². The summed E-state index contributed by atoms with van der Waals surface area (Å²) in [4.78, 5) is 5.83. The van der Waals surface area contributed by atoms with Crippen LogP contribution in [0.25, 0.3) is 10.9 Å². The second-order valence-corrected chi connectivity index (χ2v) is 10.2. The average molecular weight is 516 g/mol. The standard InChI is InChI=1S/C31H31ClFN3O/c1-2-36(15-3-5-23-20-35-30-13-9-26(32)18-28(23)30)16-4-14-31(25-7-10-27(33)11-8-25)29-12-6-22(19-34)17-24(29)21-37-31/h6-13,17-18,20,35H,2-5,14-16,21H2,1H3. The highest BCUT2D eigenvalue weighted by molar-refractivity contribution is 6.31. The zero-order chi connectivity index (χ0) is 25.8. The number of nitrogens with one attached hydrogen (secondary N) is 1. The molecule has 6 heteroatoms. The summed E-state index contributed by atoms with van der Waals surface area (Å²) in [5.74, 6) is -0.258. The number of H-pyrrole nitrogens is 1. The first-order valence-electron chi connectivity index (χ1n) is 12.9. The molecule has 1 N–H and O–H groups in total. The molecule has 4 aromatic rings. The minimum atomic E-state index is -0.625. The van der Waals surface area contributed by atoms with Gasteiger partial charge >= 0.3 is 0 Å². The number of aromatic nitrogens is 1. The van der Waals surface area contributed by atoms with Gasteiger partial charge in [0.15, 0.2) is 0 Å². The van der Waals surface area contributed by atoms with E-state index in [0.29, 0.717) is 12.2 Å². The van der Waals surface area contributed by atoms with Gasteiger partial charge in [-0.1, -0.05) is 36.7 Å². The first-order valence-corrected chi connectivity index (χ1v) is 13.3. The van der Waals surface area contributed by atoms with Gasteiger partial charge in [0.05, 0.1) is 18.2 Å². The van der Waals surface area contributed by atoms with Crippen LogP contribution in [0, 0.1) is 17.1 Å². The molecule has 1 aliphatic heterocycles. The number of fused-ring (bicyclic) bond motifs is 2. The number of aryl methyl sites for hydroxylation is 1. The lowest BCUT2D eigenvalue weighted by Crippen LogP contribution is -2.31. The molecule has 0 spiro atoms. The fourth-order valence-electron chi connectivity index (χ4n) is 5.59. The number of rotatable bonds is 10. The second kappa shape index (κ2) is 11.1. The van der Waals surface area contributed by atoms with Crippen molar-refractivity contribution in [2.45, 2.75) is 44.8 Å². The molecule has 1 aliphatic rings. The Bertz CT molecular complexity index is 1420. The van der Waals surface area contributed by atoms with Gasteiger partial charge in [0.1, 0.15) is 11.4 Å². The fraction of sp³-hybridized carbons (Fsp3) is 0.323. The van der Waals surface area contributed by atoms with Crippen molar-refractivity contribution >= 4 is 22.5 Å². The highest BCUT2D eigenvalue weighted by Gasteiger charge is 2.41. The Labute approximate surface area is 222 Å². The first kappa shape index (κ1) is 25.5. The molecule has 5 rings (SSSR count).